The van der Waals surface area contributed by atoms with Gasteiger partial charge < -0.3 is 5.11 Å². The first-order valence-electron chi connectivity index (χ1n) is 4.78. The van der Waals surface area contributed by atoms with Gasteiger partial charge in [-0.25, -0.2) is 9.48 Å². The highest BCUT2D eigenvalue weighted by atomic mass is 19.4. The molecule has 96 valence electrons. The second kappa shape index (κ2) is 4.30. The van der Waals surface area contributed by atoms with Crippen molar-refractivity contribution in [3.8, 4) is 0 Å². The molecule has 0 saturated carbocycles. The summed E-state index contributed by atoms with van der Waals surface area (Å²) in [5.41, 5.74) is -1.58. The van der Waals surface area contributed by atoms with Gasteiger partial charge in [-0.1, -0.05) is 6.92 Å². The van der Waals surface area contributed by atoms with Crippen LogP contribution in [-0.4, -0.2) is 37.5 Å². The smallest absolute Gasteiger partial charge is 0.396 e. The summed E-state index contributed by atoms with van der Waals surface area (Å²) >= 11 is 0. The molecule has 17 heavy (non-hydrogen) atoms. The van der Waals surface area contributed by atoms with E-state index in [2.05, 4.69) is 15.5 Å². The van der Waals surface area contributed by atoms with Crippen molar-refractivity contribution in [3.05, 3.63) is 5.82 Å². The number of nitrogens with zero attached hydrogens (tertiary/aromatic N) is 4. The highest BCUT2D eigenvalue weighted by Crippen LogP contribution is 2.25. The Bertz CT molecular complexity index is 417. The Labute approximate surface area is 94.4 Å². The van der Waals surface area contributed by atoms with Crippen LogP contribution in [0.2, 0.25) is 0 Å². The molecule has 6 nitrogen and oxygen atoms in total. The van der Waals surface area contributed by atoms with Gasteiger partial charge in [-0.05, 0) is 23.8 Å². The predicted octanol–water partition coefficient (Wildman–Crippen LogP) is 0.988. The molecule has 0 radical (unpaired) electrons. The predicted molar refractivity (Wildman–Crippen MR) is 49.2 cm³/mol. The molecule has 0 aliphatic heterocycles. The summed E-state index contributed by atoms with van der Waals surface area (Å²) in [6, 6.07) is 0. The van der Waals surface area contributed by atoms with Crippen molar-refractivity contribution in [2.75, 3.05) is 0 Å². The van der Waals surface area contributed by atoms with E-state index in [0.717, 1.165) is 0 Å². The van der Waals surface area contributed by atoms with Gasteiger partial charge in [0.1, 0.15) is 6.42 Å². The highest BCUT2D eigenvalue weighted by Gasteiger charge is 2.40. The van der Waals surface area contributed by atoms with Gasteiger partial charge in [0.15, 0.2) is 11.4 Å². The molecule has 0 saturated heterocycles. The Kier molecular flexibility index (Phi) is 3.39. The lowest BCUT2D eigenvalue weighted by molar-refractivity contribution is -0.149. The average Bonchev–Trinajstić information content (AvgIpc) is 2.62. The lowest BCUT2D eigenvalue weighted by Gasteiger charge is -2.24. The molecular weight excluding hydrogens is 241 g/mol. The normalized spacial score (nSPS) is 15.6. The molecule has 0 aromatic carbocycles. The quantitative estimate of drug-likeness (QED) is 0.864. The fourth-order valence-corrected chi connectivity index (χ4v) is 1.27. The minimum Gasteiger partial charge on any atom is -0.479 e. The van der Waals surface area contributed by atoms with Gasteiger partial charge in [0.25, 0.3) is 0 Å². The molecule has 1 heterocycles. The number of aromatic nitrogens is 4. The number of carboxylic acid groups (broad SMARTS) is 1. The summed E-state index contributed by atoms with van der Waals surface area (Å²) in [5.74, 6) is -1.79. The van der Waals surface area contributed by atoms with Gasteiger partial charge in [-0.15, -0.1) is 5.10 Å². The SMILES string of the molecule is CCC(C)(C(=O)O)n1nnnc1CC(F)(F)F. The van der Waals surface area contributed by atoms with Crippen LogP contribution in [0.3, 0.4) is 0 Å². The fraction of sp³-hybridized carbons (Fsp3) is 0.750. The molecule has 0 aliphatic carbocycles. The molecular formula is C8H11F3N4O2. The number of aliphatic carboxylic acids is 1. The van der Waals surface area contributed by atoms with E-state index < -0.39 is 29.9 Å². The summed E-state index contributed by atoms with van der Waals surface area (Å²) in [6.45, 7) is 2.80. The topological polar surface area (TPSA) is 80.9 Å². The van der Waals surface area contributed by atoms with Crippen LogP contribution in [0, 0.1) is 0 Å². The molecule has 1 aromatic rings. The molecule has 9 heteroatoms. The maximum Gasteiger partial charge on any atom is 0.396 e. The van der Waals surface area contributed by atoms with Crippen molar-refractivity contribution < 1.29 is 23.1 Å². The van der Waals surface area contributed by atoms with Gasteiger partial charge in [0.05, 0.1) is 0 Å². The van der Waals surface area contributed by atoms with Crippen LogP contribution in [0.25, 0.3) is 0 Å². The van der Waals surface area contributed by atoms with E-state index in [9.17, 15) is 18.0 Å². The molecule has 0 aliphatic rings. The van der Waals surface area contributed by atoms with Crippen molar-refractivity contribution in [1.82, 2.24) is 20.2 Å². The van der Waals surface area contributed by atoms with E-state index in [1.807, 2.05) is 0 Å². The molecule has 0 fully saturated rings. The zero-order valence-corrected chi connectivity index (χ0v) is 9.19. The number of tetrazole rings is 1. The average molecular weight is 252 g/mol. The third kappa shape index (κ3) is 2.71. The Morgan fingerprint density at radius 1 is 1.47 bits per heavy atom. The van der Waals surface area contributed by atoms with Crippen molar-refractivity contribution in [2.45, 2.75) is 38.4 Å². The Morgan fingerprint density at radius 3 is 2.47 bits per heavy atom. The number of hydrogen-bond donors (Lipinski definition) is 1. The molecule has 1 unspecified atom stereocenters. The van der Waals surface area contributed by atoms with Gasteiger partial charge in [-0.3, -0.25) is 0 Å². The van der Waals surface area contributed by atoms with E-state index in [-0.39, 0.29) is 6.42 Å². The molecule has 0 bridgehead atoms. The molecule has 0 amide bonds. The number of halogens is 3. The lowest BCUT2D eigenvalue weighted by Crippen LogP contribution is -2.41. The van der Waals surface area contributed by atoms with Crippen molar-refractivity contribution >= 4 is 5.97 Å². The summed E-state index contributed by atoms with van der Waals surface area (Å²) in [4.78, 5) is 11.1. The Hall–Kier alpha value is -1.67. The monoisotopic (exact) mass is 252 g/mol. The van der Waals surface area contributed by atoms with Gasteiger partial charge in [-0.2, -0.15) is 13.2 Å². The molecule has 0 spiro atoms. The number of hydrogen-bond acceptors (Lipinski definition) is 4. The van der Waals surface area contributed by atoms with Crippen LogP contribution in [-0.2, 0) is 16.8 Å². The summed E-state index contributed by atoms with van der Waals surface area (Å²) in [5, 5.41) is 18.7. The zero-order valence-electron chi connectivity index (χ0n) is 9.19. The van der Waals surface area contributed by atoms with Crippen LogP contribution < -0.4 is 0 Å². The second-order valence-corrected chi connectivity index (χ2v) is 3.73. The summed E-state index contributed by atoms with van der Waals surface area (Å²) in [6.07, 6.45) is -5.78. The minimum atomic E-state index is -4.49. The van der Waals surface area contributed by atoms with Crippen LogP contribution >= 0.6 is 0 Å². The van der Waals surface area contributed by atoms with Crippen LogP contribution in [0.4, 0.5) is 13.2 Å². The first-order chi connectivity index (χ1) is 7.70. The highest BCUT2D eigenvalue weighted by molar-refractivity contribution is 5.76. The lowest BCUT2D eigenvalue weighted by atomic mass is 9.99. The molecule has 1 N–H and O–H groups in total. The van der Waals surface area contributed by atoms with Gasteiger partial charge >= 0.3 is 12.1 Å². The summed E-state index contributed by atoms with van der Waals surface area (Å²) in [7, 11) is 0. The van der Waals surface area contributed by atoms with E-state index >= 15 is 0 Å². The fourth-order valence-electron chi connectivity index (χ4n) is 1.27. The number of rotatable bonds is 4. The first-order valence-corrected chi connectivity index (χ1v) is 4.78. The van der Waals surface area contributed by atoms with E-state index in [1.165, 1.54) is 13.8 Å². The Balaban J connectivity index is 3.15. The van der Waals surface area contributed by atoms with Crippen LogP contribution in [0.15, 0.2) is 0 Å². The minimum absolute atomic E-state index is 0.0677. The second-order valence-electron chi connectivity index (χ2n) is 3.73. The van der Waals surface area contributed by atoms with Crippen LogP contribution in [0.5, 0.6) is 0 Å². The van der Waals surface area contributed by atoms with Crippen molar-refractivity contribution in [3.63, 3.8) is 0 Å². The standard InChI is InChI=1S/C8H11F3N4O2/c1-3-7(2,6(16)17)15-5(12-13-14-15)4-8(9,10)11/h3-4H2,1-2H3,(H,16,17). The first kappa shape index (κ1) is 13.4. The van der Waals surface area contributed by atoms with E-state index in [4.69, 9.17) is 5.11 Å². The van der Waals surface area contributed by atoms with Crippen molar-refractivity contribution in [1.29, 1.82) is 0 Å². The van der Waals surface area contributed by atoms with E-state index in [0.29, 0.717) is 4.68 Å². The largest absolute Gasteiger partial charge is 0.479 e. The molecule has 1 rings (SSSR count). The third-order valence-electron chi connectivity index (χ3n) is 2.51. The van der Waals surface area contributed by atoms with Crippen LogP contribution in [0.1, 0.15) is 26.1 Å². The third-order valence-corrected chi connectivity index (χ3v) is 2.51. The number of carbonyl (C=O) groups is 1. The van der Waals surface area contributed by atoms with Gasteiger partial charge in [0.2, 0.25) is 0 Å². The zero-order chi connectivity index (χ0) is 13.3. The van der Waals surface area contributed by atoms with Crippen molar-refractivity contribution in [2.24, 2.45) is 0 Å². The molecule has 1 atom stereocenters. The molecule has 1 aromatic heterocycles. The summed E-state index contributed by atoms with van der Waals surface area (Å²) < 4.78 is 37.4. The van der Waals surface area contributed by atoms with E-state index in [1.54, 1.807) is 0 Å². The van der Waals surface area contributed by atoms with Gasteiger partial charge in [0, 0.05) is 0 Å². The maximum atomic E-state index is 12.2. The maximum absolute atomic E-state index is 12.2. The Morgan fingerprint density at radius 2 is 2.06 bits per heavy atom. The number of alkyl halides is 3. The number of carboxylic acids is 1.